The van der Waals surface area contributed by atoms with Gasteiger partial charge in [-0.25, -0.2) is 0 Å². The fourth-order valence-corrected chi connectivity index (χ4v) is 5.85. The third-order valence-electron chi connectivity index (χ3n) is 7.59. The Morgan fingerprint density at radius 1 is 0.968 bits per heavy atom. The van der Waals surface area contributed by atoms with E-state index in [9.17, 15) is 5.11 Å². The molecular formula is C28H32N2O. The van der Waals surface area contributed by atoms with Gasteiger partial charge >= 0.3 is 0 Å². The van der Waals surface area contributed by atoms with Crippen molar-refractivity contribution >= 4 is 11.9 Å². The topological polar surface area (TPSA) is 47.3 Å². The monoisotopic (exact) mass is 412 g/mol. The fraction of sp³-hybridized carbons (Fsp3) is 0.393. The first-order valence-corrected chi connectivity index (χ1v) is 11.7. The van der Waals surface area contributed by atoms with Crippen molar-refractivity contribution in [3.05, 3.63) is 83.5 Å². The molecule has 0 amide bonds. The zero-order valence-electron chi connectivity index (χ0n) is 18.1. The van der Waals surface area contributed by atoms with Crippen LogP contribution in [0, 0.1) is 23.2 Å². The Labute approximate surface area is 185 Å². The number of benzene rings is 2. The van der Waals surface area contributed by atoms with Crippen molar-refractivity contribution < 1.29 is 5.11 Å². The van der Waals surface area contributed by atoms with E-state index >= 15 is 0 Å². The van der Waals surface area contributed by atoms with Crippen molar-refractivity contribution in [2.45, 2.75) is 38.0 Å². The van der Waals surface area contributed by atoms with Crippen LogP contribution in [-0.2, 0) is 6.42 Å². The number of fused-ring (bicyclic) bond motifs is 1. The molecule has 3 nitrogen and oxygen atoms in total. The standard InChI is InChI=1S/C28H32N2O/c29-19-20-14-16-30(17-15-20)24-9-6-22(7-10-24)28-26(21-4-2-1-3-5-21)12-8-23-18-25(31)11-13-27(23)28/h1-4,6-7,9-11,13,18-21,26,28-29,31H,5,8,12,14-17H2/t21?,26-,28+/m1/s1. The molecule has 1 heterocycles. The molecule has 0 saturated carbocycles. The molecule has 3 heteroatoms. The predicted molar refractivity (Wildman–Crippen MR) is 128 cm³/mol. The summed E-state index contributed by atoms with van der Waals surface area (Å²) in [5, 5.41) is 17.6. The maximum absolute atomic E-state index is 10.0. The van der Waals surface area contributed by atoms with Gasteiger partial charge in [-0.2, -0.15) is 0 Å². The van der Waals surface area contributed by atoms with Crippen LogP contribution < -0.4 is 4.90 Å². The van der Waals surface area contributed by atoms with Crippen LogP contribution in [0.25, 0.3) is 0 Å². The summed E-state index contributed by atoms with van der Waals surface area (Å²) < 4.78 is 0. The normalized spacial score (nSPS) is 25.9. The lowest BCUT2D eigenvalue weighted by Gasteiger charge is -2.39. The number of piperidine rings is 1. The molecule has 2 aliphatic carbocycles. The minimum absolute atomic E-state index is 0.364. The Morgan fingerprint density at radius 2 is 1.77 bits per heavy atom. The molecule has 2 aromatic carbocycles. The van der Waals surface area contributed by atoms with E-state index in [-0.39, 0.29) is 0 Å². The minimum Gasteiger partial charge on any atom is -0.508 e. The molecule has 3 atom stereocenters. The number of rotatable bonds is 4. The second kappa shape index (κ2) is 8.74. The average Bonchev–Trinajstić information content (AvgIpc) is 2.84. The van der Waals surface area contributed by atoms with E-state index in [1.807, 2.05) is 12.1 Å². The average molecular weight is 413 g/mol. The third kappa shape index (κ3) is 4.06. The second-order valence-electron chi connectivity index (χ2n) is 9.36. The van der Waals surface area contributed by atoms with E-state index in [2.05, 4.69) is 59.5 Å². The van der Waals surface area contributed by atoms with E-state index in [4.69, 9.17) is 5.41 Å². The molecule has 31 heavy (non-hydrogen) atoms. The van der Waals surface area contributed by atoms with Gasteiger partial charge in [-0.3, -0.25) is 0 Å². The number of hydrogen-bond acceptors (Lipinski definition) is 3. The van der Waals surface area contributed by atoms with E-state index in [0.29, 0.717) is 29.4 Å². The van der Waals surface area contributed by atoms with E-state index < -0.39 is 0 Å². The summed E-state index contributed by atoms with van der Waals surface area (Å²) in [6.45, 7) is 2.07. The van der Waals surface area contributed by atoms with Crippen LogP contribution in [0.15, 0.2) is 66.8 Å². The van der Waals surface area contributed by atoms with Crippen molar-refractivity contribution in [3.63, 3.8) is 0 Å². The third-order valence-corrected chi connectivity index (χ3v) is 7.59. The van der Waals surface area contributed by atoms with Crippen molar-refractivity contribution in [3.8, 4) is 5.75 Å². The number of allylic oxidation sites excluding steroid dienone is 4. The van der Waals surface area contributed by atoms with Crippen LogP contribution in [0.1, 0.15) is 48.3 Å². The van der Waals surface area contributed by atoms with Gasteiger partial charge in [0, 0.05) is 24.7 Å². The smallest absolute Gasteiger partial charge is 0.115 e. The lowest BCUT2D eigenvalue weighted by atomic mass is 9.66. The van der Waals surface area contributed by atoms with Gasteiger partial charge in [-0.1, -0.05) is 42.5 Å². The summed E-state index contributed by atoms with van der Waals surface area (Å²) in [6, 6.07) is 15.2. The quantitative estimate of drug-likeness (QED) is 0.598. The number of anilines is 1. The Bertz CT molecular complexity index is 983. The summed E-state index contributed by atoms with van der Waals surface area (Å²) in [4.78, 5) is 2.46. The molecule has 1 unspecified atom stereocenters. The van der Waals surface area contributed by atoms with Gasteiger partial charge in [-0.05, 0) is 97.0 Å². The first-order valence-electron chi connectivity index (χ1n) is 11.7. The summed E-state index contributed by atoms with van der Waals surface area (Å²) in [7, 11) is 0. The zero-order chi connectivity index (χ0) is 21.2. The maximum atomic E-state index is 10.0. The Hall–Kier alpha value is -2.81. The largest absolute Gasteiger partial charge is 0.508 e. The van der Waals surface area contributed by atoms with Crippen LogP contribution >= 0.6 is 0 Å². The van der Waals surface area contributed by atoms with Gasteiger partial charge in [-0.15, -0.1) is 0 Å². The Morgan fingerprint density at radius 3 is 2.48 bits per heavy atom. The van der Waals surface area contributed by atoms with Crippen molar-refractivity contribution in [1.82, 2.24) is 0 Å². The molecule has 1 saturated heterocycles. The van der Waals surface area contributed by atoms with E-state index in [1.54, 1.807) is 6.21 Å². The van der Waals surface area contributed by atoms with Gasteiger partial charge in [0.15, 0.2) is 0 Å². The van der Waals surface area contributed by atoms with Crippen molar-refractivity contribution in [1.29, 1.82) is 5.41 Å². The van der Waals surface area contributed by atoms with Gasteiger partial charge in [0.05, 0.1) is 0 Å². The summed E-state index contributed by atoms with van der Waals surface area (Å²) in [6.07, 6.45) is 16.2. The number of nitrogens with zero attached hydrogens (tertiary/aromatic N) is 1. The van der Waals surface area contributed by atoms with Crippen LogP contribution in [0.5, 0.6) is 5.75 Å². The van der Waals surface area contributed by atoms with Gasteiger partial charge in [0.2, 0.25) is 0 Å². The SMILES string of the molecule is N=CC1CCN(c2ccc([C@@H]3c4ccc(O)cc4CC[C@@H]3C3C=CC=CC3)cc2)CC1. The lowest BCUT2D eigenvalue weighted by Crippen LogP contribution is -2.34. The molecule has 0 bridgehead atoms. The molecule has 2 aromatic rings. The Balaban J connectivity index is 1.44. The minimum atomic E-state index is 0.364. The van der Waals surface area contributed by atoms with Gasteiger partial charge in [0.25, 0.3) is 0 Å². The first kappa shape index (κ1) is 20.1. The number of phenolic OH excluding ortho intramolecular Hbond substituents is 1. The highest BCUT2D eigenvalue weighted by Gasteiger charge is 2.35. The summed E-state index contributed by atoms with van der Waals surface area (Å²) in [5.41, 5.74) is 5.37. The summed E-state index contributed by atoms with van der Waals surface area (Å²) in [5.74, 6) is 2.33. The lowest BCUT2D eigenvalue weighted by molar-refractivity contribution is 0.315. The van der Waals surface area contributed by atoms with E-state index in [1.165, 1.54) is 22.4 Å². The highest BCUT2D eigenvalue weighted by Crippen LogP contribution is 2.47. The highest BCUT2D eigenvalue weighted by atomic mass is 16.3. The zero-order valence-corrected chi connectivity index (χ0v) is 18.1. The van der Waals surface area contributed by atoms with Gasteiger partial charge in [0.1, 0.15) is 5.75 Å². The van der Waals surface area contributed by atoms with Gasteiger partial charge < -0.3 is 15.4 Å². The van der Waals surface area contributed by atoms with Crippen LogP contribution in [0.3, 0.4) is 0 Å². The number of phenols is 1. The van der Waals surface area contributed by atoms with Crippen LogP contribution in [-0.4, -0.2) is 24.4 Å². The Kier molecular flexibility index (Phi) is 5.67. The molecule has 2 N–H and O–H groups in total. The van der Waals surface area contributed by atoms with Crippen molar-refractivity contribution in [2.75, 3.05) is 18.0 Å². The fourth-order valence-electron chi connectivity index (χ4n) is 5.85. The molecule has 0 radical (unpaired) electrons. The summed E-state index contributed by atoms with van der Waals surface area (Å²) >= 11 is 0. The molecule has 0 aromatic heterocycles. The molecule has 1 fully saturated rings. The predicted octanol–water partition coefficient (Wildman–Crippen LogP) is 6.08. The molecule has 1 aliphatic heterocycles. The number of nitrogens with one attached hydrogen (secondary N) is 1. The molecule has 5 rings (SSSR count). The second-order valence-corrected chi connectivity index (χ2v) is 9.36. The van der Waals surface area contributed by atoms with E-state index in [0.717, 1.165) is 45.2 Å². The molecule has 0 spiro atoms. The number of aromatic hydroxyl groups is 1. The number of aryl methyl sites for hydroxylation is 1. The molecule has 3 aliphatic rings. The number of hydrogen-bond donors (Lipinski definition) is 2. The highest BCUT2D eigenvalue weighted by molar-refractivity contribution is 5.58. The van der Waals surface area contributed by atoms with Crippen molar-refractivity contribution in [2.24, 2.45) is 17.8 Å². The van der Waals surface area contributed by atoms with Crippen LogP contribution in [0.4, 0.5) is 5.69 Å². The maximum Gasteiger partial charge on any atom is 0.115 e. The van der Waals surface area contributed by atoms with Crippen LogP contribution in [0.2, 0.25) is 0 Å². The molecular weight excluding hydrogens is 380 g/mol. The molecule has 160 valence electrons. The first-order chi connectivity index (χ1) is 15.2.